The lowest BCUT2D eigenvalue weighted by molar-refractivity contribution is 0.102. The molecule has 0 aliphatic heterocycles. The summed E-state index contributed by atoms with van der Waals surface area (Å²) in [5, 5.41) is 6.03. The summed E-state index contributed by atoms with van der Waals surface area (Å²) in [6.07, 6.45) is 0. The number of rotatable bonds is 6. The van der Waals surface area contributed by atoms with Gasteiger partial charge in [-0.05, 0) is 43.7 Å². The predicted molar refractivity (Wildman–Crippen MR) is 109 cm³/mol. The minimum absolute atomic E-state index is 0.251. The third-order valence-electron chi connectivity index (χ3n) is 4.02. The van der Waals surface area contributed by atoms with Crippen LogP contribution < -0.4 is 20.1 Å². The summed E-state index contributed by atoms with van der Waals surface area (Å²) < 4.78 is 10.5. The molecule has 0 fully saturated rings. The summed E-state index contributed by atoms with van der Waals surface area (Å²) in [6, 6.07) is 14.6. The third kappa shape index (κ3) is 4.56. The molecular formula is C21H22N4O3. The smallest absolute Gasteiger partial charge is 0.274 e. The molecule has 0 saturated heterocycles. The number of anilines is 3. The Balaban J connectivity index is 1.84. The first kappa shape index (κ1) is 19.2. The highest BCUT2D eigenvalue weighted by molar-refractivity contribution is 6.04. The number of amides is 1. The van der Waals surface area contributed by atoms with E-state index >= 15 is 0 Å². The lowest BCUT2D eigenvalue weighted by Crippen LogP contribution is -2.16. The molecule has 0 unspecified atom stereocenters. The van der Waals surface area contributed by atoms with Gasteiger partial charge >= 0.3 is 0 Å². The van der Waals surface area contributed by atoms with Gasteiger partial charge in [0.05, 0.1) is 19.9 Å². The van der Waals surface area contributed by atoms with Gasteiger partial charge in [0.1, 0.15) is 28.8 Å². The van der Waals surface area contributed by atoms with Crippen molar-refractivity contribution in [3.63, 3.8) is 0 Å². The van der Waals surface area contributed by atoms with E-state index in [-0.39, 0.29) is 11.6 Å². The Kier molecular flexibility index (Phi) is 5.74. The Labute approximate surface area is 163 Å². The molecule has 0 bridgehead atoms. The van der Waals surface area contributed by atoms with Gasteiger partial charge in [-0.15, -0.1) is 0 Å². The van der Waals surface area contributed by atoms with Gasteiger partial charge in [0.2, 0.25) is 0 Å². The van der Waals surface area contributed by atoms with Crippen molar-refractivity contribution < 1.29 is 14.3 Å². The number of benzene rings is 2. The first-order chi connectivity index (χ1) is 13.5. The van der Waals surface area contributed by atoms with Crippen LogP contribution in [0.25, 0.3) is 0 Å². The van der Waals surface area contributed by atoms with Gasteiger partial charge in [-0.3, -0.25) is 4.79 Å². The molecule has 0 atom stereocenters. The zero-order chi connectivity index (χ0) is 20.1. The largest absolute Gasteiger partial charge is 0.497 e. The molecular weight excluding hydrogens is 356 g/mol. The summed E-state index contributed by atoms with van der Waals surface area (Å²) in [6.45, 7) is 3.68. The van der Waals surface area contributed by atoms with E-state index in [1.165, 1.54) is 0 Å². The van der Waals surface area contributed by atoms with Gasteiger partial charge in [0.25, 0.3) is 5.91 Å². The molecule has 2 aromatic carbocycles. The number of methoxy groups -OCH3 is 2. The van der Waals surface area contributed by atoms with Crippen LogP contribution in [0.1, 0.15) is 21.9 Å². The molecule has 0 aliphatic carbocycles. The summed E-state index contributed by atoms with van der Waals surface area (Å²) in [7, 11) is 3.17. The van der Waals surface area contributed by atoms with Crippen LogP contribution in [0, 0.1) is 13.8 Å². The highest BCUT2D eigenvalue weighted by Gasteiger charge is 2.14. The standard InChI is InChI=1S/C21H22N4O3/c1-13-8-9-19(28-4)17(10-13)25-21(26)18-12-20(23-14(2)22-18)24-15-6-5-7-16(11-15)27-3/h5-12H,1-4H3,(H,25,26)(H,22,23,24). The van der Waals surface area contributed by atoms with Crippen molar-refractivity contribution in [2.75, 3.05) is 24.9 Å². The highest BCUT2D eigenvalue weighted by Crippen LogP contribution is 2.26. The van der Waals surface area contributed by atoms with Crippen molar-refractivity contribution in [1.82, 2.24) is 9.97 Å². The van der Waals surface area contributed by atoms with Gasteiger partial charge in [-0.2, -0.15) is 0 Å². The fourth-order valence-electron chi connectivity index (χ4n) is 2.70. The van der Waals surface area contributed by atoms with E-state index in [1.807, 2.05) is 49.4 Å². The Hall–Kier alpha value is -3.61. The highest BCUT2D eigenvalue weighted by atomic mass is 16.5. The van der Waals surface area contributed by atoms with Crippen molar-refractivity contribution >= 4 is 23.1 Å². The van der Waals surface area contributed by atoms with Crippen LogP contribution in [0.2, 0.25) is 0 Å². The van der Waals surface area contributed by atoms with Crippen LogP contribution in [-0.4, -0.2) is 30.1 Å². The van der Waals surface area contributed by atoms with Crippen LogP contribution >= 0.6 is 0 Å². The number of aryl methyl sites for hydroxylation is 2. The Bertz CT molecular complexity index is 1000. The number of carbonyl (C=O) groups excluding carboxylic acids is 1. The van der Waals surface area contributed by atoms with Crippen molar-refractivity contribution in [2.24, 2.45) is 0 Å². The molecule has 144 valence electrons. The van der Waals surface area contributed by atoms with Crippen molar-refractivity contribution in [3.05, 3.63) is 65.6 Å². The molecule has 3 aromatic rings. The molecule has 1 heterocycles. The van der Waals surface area contributed by atoms with E-state index in [9.17, 15) is 4.79 Å². The van der Waals surface area contributed by atoms with E-state index in [2.05, 4.69) is 20.6 Å². The quantitative estimate of drug-likeness (QED) is 0.671. The van der Waals surface area contributed by atoms with Gasteiger partial charge in [0, 0.05) is 17.8 Å². The molecule has 2 N–H and O–H groups in total. The number of aromatic nitrogens is 2. The second-order valence-corrected chi connectivity index (χ2v) is 6.20. The van der Waals surface area contributed by atoms with Gasteiger partial charge < -0.3 is 20.1 Å². The number of hydrogen-bond donors (Lipinski definition) is 2. The minimum atomic E-state index is -0.344. The summed E-state index contributed by atoms with van der Waals surface area (Å²) >= 11 is 0. The number of ether oxygens (including phenoxy) is 2. The molecule has 3 rings (SSSR count). The second kappa shape index (κ2) is 8.39. The zero-order valence-electron chi connectivity index (χ0n) is 16.2. The van der Waals surface area contributed by atoms with Crippen LogP contribution in [-0.2, 0) is 0 Å². The van der Waals surface area contributed by atoms with Crippen LogP contribution in [0.5, 0.6) is 11.5 Å². The molecule has 0 radical (unpaired) electrons. The van der Waals surface area contributed by atoms with Gasteiger partial charge in [-0.25, -0.2) is 9.97 Å². The zero-order valence-corrected chi connectivity index (χ0v) is 16.2. The van der Waals surface area contributed by atoms with Crippen LogP contribution in [0.3, 0.4) is 0 Å². The molecule has 0 aliphatic rings. The van der Waals surface area contributed by atoms with Crippen molar-refractivity contribution in [1.29, 1.82) is 0 Å². The van der Waals surface area contributed by atoms with Gasteiger partial charge in [-0.1, -0.05) is 12.1 Å². The summed E-state index contributed by atoms with van der Waals surface area (Å²) in [5.74, 6) is 1.96. The van der Waals surface area contributed by atoms with E-state index in [0.717, 1.165) is 17.0 Å². The molecule has 28 heavy (non-hydrogen) atoms. The average Bonchev–Trinajstić information content (AvgIpc) is 2.68. The Morgan fingerprint density at radius 1 is 0.964 bits per heavy atom. The lowest BCUT2D eigenvalue weighted by Gasteiger charge is -2.12. The molecule has 7 nitrogen and oxygen atoms in total. The van der Waals surface area contributed by atoms with Crippen LogP contribution in [0.4, 0.5) is 17.2 Å². The SMILES string of the molecule is COc1cccc(Nc2cc(C(=O)Nc3cc(C)ccc3OC)nc(C)n2)c1. The molecule has 1 amide bonds. The summed E-state index contributed by atoms with van der Waals surface area (Å²) in [4.78, 5) is 21.4. The topological polar surface area (TPSA) is 85.4 Å². The normalized spacial score (nSPS) is 10.3. The van der Waals surface area contributed by atoms with E-state index in [1.54, 1.807) is 27.2 Å². The second-order valence-electron chi connectivity index (χ2n) is 6.20. The average molecular weight is 378 g/mol. The first-order valence-electron chi connectivity index (χ1n) is 8.71. The maximum Gasteiger partial charge on any atom is 0.274 e. The third-order valence-corrected chi connectivity index (χ3v) is 4.02. The van der Waals surface area contributed by atoms with E-state index in [0.29, 0.717) is 23.1 Å². The fourth-order valence-corrected chi connectivity index (χ4v) is 2.70. The number of carbonyl (C=O) groups is 1. The lowest BCUT2D eigenvalue weighted by atomic mass is 10.2. The number of nitrogens with one attached hydrogen (secondary N) is 2. The molecule has 0 spiro atoms. The molecule has 1 aromatic heterocycles. The Morgan fingerprint density at radius 2 is 1.79 bits per heavy atom. The molecule has 0 saturated carbocycles. The molecule has 7 heteroatoms. The van der Waals surface area contributed by atoms with E-state index < -0.39 is 0 Å². The maximum absolute atomic E-state index is 12.7. The predicted octanol–water partition coefficient (Wildman–Crippen LogP) is 4.11. The van der Waals surface area contributed by atoms with Crippen molar-refractivity contribution in [2.45, 2.75) is 13.8 Å². The number of hydrogen-bond acceptors (Lipinski definition) is 6. The number of nitrogens with zero attached hydrogens (tertiary/aromatic N) is 2. The first-order valence-corrected chi connectivity index (χ1v) is 8.71. The van der Waals surface area contributed by atoms with E-state index in [4.69, 9.17) is 9.47 Å². The fraction of sp³-hybridized carbons (Fsp3) is 0.190. The van der Waals surface area contributed by atoms with Crippen LogP contribution in [0.15, 0.2) is 48.5 Å². The van der Waals surface area contributed by atoms with Gasteiger partial charge in [0.15, 0.2) is 0 Å². The minimum Gasteiger partial charge on any atom is -0.497 e. The summed E-state index contributed by atoms with van der Waals surface area (Å²) in [5.41, 5.74) is 2.65. The Morgan fingerprint density at radius 3 is 2.54 bits per heavy atom. The monoisotopic (exact) mass is 378 g/mol. The maximum atomic E-state index is 12.7. The van der Waals surface area contributed by atoms with Crippen molar-refractivity contribution in [3.8, 4) is 11.5 Å².